The van der Waals surface area contributed by atoms with E-state index in [-0.39, 0.29) is 5.41 Å². The second-order valence-electron chi connectivity index (χ2n) is 6.35. The lowest BCUT2D eigenvalue weighted by Crippen LogP contribution is -2.59. The van der Waals surface area contributed by atoms with Crippen molar-refractivity contribution >= 4 is 28.8 Å². The fraction of sp³-hybridized carbons (Fsp3) is 0.929. The lowest BCUT2D eigenvalue weighted by atomic mass is 9.79. The zero-order chi connectivity index (χ0) is 15.6. The number of methoxy groups -OCH3 is 4. The van der Waals surface area contributed by atoms with E-state index in [2.05, 4.69) is 27.7 Å². The Morgan fingerprint density at radius 2 is 1.25 bits per heavy atom. The number of hydrogen-bond donors (Lipinski definition) is 0. The molecule has 1 heterocycles. The minimum Gasteiger partial charge on any atom is -0.351 e. The second kappa shape index (κ2) is 4.40. The van der Waals surface area contributed by atoms with Crippen molar-refractivity contribution in [3.05, 3.63) is 0 Å². The van der Waals surface area contributed by atoms with Crippen molar-refractivity contribution < 1.29 is 18.9 Å². The lowest BCUT2D eigenvalue weighted by Gasteiger charge is -2.43. The molecule has 1 atom stereocenters. The van der Waals surface area contributed by atoms with Gasteiger partial charge in [-0.05, 0) is 0 Å². The summed E-state index contributed by atoms with van der Waals surface area (Å²) in [4.78, 5) is 0.914. The molecular weight excluding hydrogens is 296 g/mol. The molecule has 6 heteroatoms. The first kappa shape index (κ1) is 16.6. The summed E-state index contributed by atoms with van der Waals surface area (Å²) in [6.45, 7) is 8.36. The van der Waals surface area contributed by atoms with E-state index in [9.17, 15) is 0 Å². The van der Waals surface area contributed by atoms with Gasteiger partial charge in [-0.25, -0.2) is 0 Å². The van der Waals surface area contributed by atoms with Gasteiger partial charge in [0.25, 0.3) is 0 Å². The minimum absolute atomic E-state index is 0.339. The van der Waals surface area contributed by atoms with Crippen molar-refractivity contribution in [2.45, 2.75) is 43.3 Å². The summed E-state index contributed by atoms with van der Waals surface area (Å²) in [7, 11) is 6.61. The molecule has 0 N–H and O–H groups in total. The van der Waals surface area contributed by atoms with Crippen LogP contribution in [0.4, 0.5) is 0 Å². The first-order chi connectivity index (χ1) is 9.10. The van der Waals surface area contributed by atoms with E-state index < -0.39 is 21.1 Å². The monoisotopic (exact) mass is 320 g/mol. The zero-order valence-corrected chi connectivity index (χ0v) is 15.1. The molecule has 2 aliphatic rings. The van der Waals surface area contributed by atoms with Crippen LogP contribution in [0.25, 0.3) is 0 Å². The van der Waals surface area contributed by atoms with Crippen LogP contribution in [0.1, 0.15) is 27.7 Å². The molecule has 0 radical (unpaired) electrons. The van der Waals surface area contributed by atoms with Gasteiger partial charge in [0.05, 0.1) is 5.41 Å². The zero-order valence-electron chi connectivity index (χ0n) is 13.4. The smallest absolute Gasteiger partial charge is 0.240 e. The number of ether oxygens (including phenoxy) is 4. The Balaban J connectivity index is 2.74. The number of thiocarbonyl (C=S) groups is 1. The molecule has 0 aromatic rings. The number of thioether (sulfide) groups is 1. The first-order valence-corrected chi connectivity index (χ1v) is 7.79. The highest BCUT2D eigenvalue weighted by molar-refractivity contribution is 8.09. The van der Waals surface area contributed by atoms with E-state index in [0.717, 1.165) is 4.86 Å². The van der Waals surface area contributed by atoms with E-state index in [4.69, 9.17) is 31.2 Å². The number of rotatable bonds is 4. The molecule has 0 amide bonds. The van der Waals surface area contributed by atoms with Gasteiger partial charge in [-0.2, -0.15) is 0 Å². The van der Waals surface area contributed by atoms with Gasteiger partial charge in [-0.1, -0.05) is 51.7 Å². The van der Waals surface area contributed by atoms with Crippen molar-refractivity contribution in [2.75, 3.05) is 28.4 Å². The molecule has 0 aromatic heterocycles. The summed E-state index contributed by atoms with van der Waals surface area (Å²) >= 11 is 7.36. The van der Waals surface area contributed by atoms with Crippen molar-refractivity contribution in [3.63, 3.8) is 0 Å². The molecule has 2 fully saturated rings. The molecule has 2 rings (SSSR count). The van der Waals surface area contributed by atoms with Crippen LogP contribution in [-0.4, -0.2) is 49.0 Å². The van der Waals surface area contributed by atoms with Gasteiger partial charge in [-0.3, -0.25) is 0 Å². The molecule has 116 valence electrons. The molecule has 0 bridgehead atoms. The largest absolute Gasteiger partial charge is 0.351 e. The van der Waals surface area contributed by atoms with Crippen LogP contribution >= 0.6 is 24.0 Å². The quantitative estimate of drug-likeness (QED) is 0.450. The summed E-state index contributed by atoms with van der Waals surface area (Å²) in [5.41, 5.74) is -0.782. The van der Waals surface area contributed by atoms with Crippen molar-refractivity contribution in [3.8, 4) is 0 Å². The standard InChI is InChI=1S/C14H24O4S2/c1-10(2)9(19)11(3,4)13(15-5,16-6)12(10)14(17-7,18-8)20-12/h1-8H3. The van der Waals surface area contributed by atoms with E-state index in [1.165, 1.54) is 0 Å². The summed E-state index contributed by atoms with van der Waals surface area (Å²) in [5, 5.41) is -0.805. The third kappa shape index (κ3) is 1.32. The molecule has 1 aliphatic heterocycles. The van der Waals surface area contributed by atoms with Crippen LogP contribution in [0.15, 0.2) is 0 Å². The summed E-state index contributed by atoms with van der Waals surface area (Å²) in [5.74, 6) is -0.905. The highest BCUT2D eigenvalue weighted by Crippen LogP contribution is 2.83. The Morgan fingerprint density at radius 1 is 0.800 bits per heavy atom. The normalized spacial score (nSPS) is 35.5. The van der Waals surface area contributed by atoms with Crippen LogP contribution in [0.2, 0.25) is 0 Å². The van der Waals surface area contributed by atoms with Crippen LogP contribution in [0.5, 0.6) is 0 Å². The predicted octanol–water partition coefficient (Wildman–Crippen LogP) is 2.84. The second-order valence-corrected chi connectivity index (χ2v) is 8.11. The third-order valence-electron chi connectivity index (χ3n) is 5.09. The summed E-state index contributed by atoms with van der Waals surface area (Å²) in [6, 6.07) is 0. The van der Waals surface area contributed by atoms with Gasteiger partial charge in [0.2, 0.25) is 5.12 Å². The van der Waals surface area contributed by atoms with Gasteiger partial charge in [0.15, 0.2) is 5.79 Å². The average molecular weight is 320 g/mol. The van der Waals surface area contributed by atoms with E-state index in [0.29, 0.717) is 0 Å². The van der Waals surface area contributed by atoms with Gasteiger partial charge in [0, 0.05) is 38.7 Å². The lowest BCUT2D eigenvalue weighted by molar-refractivity contribution is -0.292. The maximum atomic E-state index is 5.92. The summed E-state index contributed by atoms with van der Waals surface area (Å²) in [6.07, 6.45) is 0. The van der Waals surface area contributed by atoms with E-state index in [1.54, 1.807) is 40.2 Å². The van der Waals surface area contributed by atoms with E-state index in [1.807, 2.05) is 0 Å². The maximum Gasteiger partial charge on any atom is 0.240 e. The first-order valence-electron chi connectivity index (χ1n) is 6.56. The van der Waals surface area contributed by atoms with Crippen molar-refractivity contribution in [1.82, 2.24) is 0 Å². The molecule has 1 spiro atoms. The Labute approximate surface area is 130 Å². The maximum absolute atomic E-state index is 5.92. The van der Waals surface area contributed by atoms with Crippen LogP contribution < -0.4 is 0 Å². The Kier molecular flexibility index (Phi) is 3.66. The Bertz CT molecular complexity index is 438. The molecular formula is C14H24O4S2. The molecule has 1 saturated heterocycles. The predicted molar refractivity (Wildman–Crippen MR) is 84.0 cm³/mol. The molecule has 1 unspecified atom stereocenters. The van der Waals surface area contributed by atoms with Crippen LogP contribution in [0, 0.1) is 10.8 Å². The molecule has 4 nitrogen and oxygen atoms in total. The Morgan fingerprint density at radius 3 is 1.55 bits per heavy atom. The Hall–Kier alpha value is 0.280. The van der Waals surface area contributed by atoms with Crippen molar-refractivity contribution in [2.24, 2.45) is 10.8 Å². The fourth-order valence-corrected chi connectivity index (χ4v) is 6.57. The topological polar surface area (TPSA) is 36.9 Å². The average Bonchev–Trinajstić information content (AvgIpc) is 3.09. The van der Waals surface area contributed by atoms with Gasteiger partial charge >= 0.3 is 0 Å². The van der Waals surface area contributed by atoms with Crippen LogP contribution in [0.3, 0.4) is 0 Å². The van der Waals surface area contributed by atoms with E-state index >= 15 is 0 Å². The summed E-state index contributed by atoms with van der Waals surface area (Å²) < 4.78 is 22.7. The van der Waals surface area contributed by atoms with Gasteiger partial charge < -0.3 is 18.9 Å². The van der Waals surface area contributed by atoms with Crippen LogP contribution in [-0.2, 0) is 18.9 Å². The van der Waals surface area contributed by atoms with Gasteiger partial charge in [-0.15, -0.1) is 0 Å². The fourth-order valence-electron chi connectivity index (χ4n) is 4.23. The SMILES string of the molecule is COC1(OC)SC12C(C)(C)C(=S)C(C)(C)C2(OC)OC. The van der Waals surface area contributed by atoms with Gasteiger partial charge in [0.1, 0.15) is 4.75 Å². The highest BCUT2D eigenvalue weighted by atomic mass is 32.2. The minimum atomic E-state index is -0.905. The highest BCUT2D eigenvalue weighted by Gasteiger charge is 2.94. The number of hydrogen-bond acceptors (Lipinski definition) is 6. The molecule has 1 aliphatic carbocycles. The molecule has 1 saturated carbocycles. The molecule has 20 heavy (non-hydrogen) atoms. The third-order valence-corrected chi connectivity index (χ3v) is 8.17. The molecule has 0 aromatic carbocycles. The van der Waals surface area contributed by atoms with Crippen molar-refractivity contribution in [1.29, 1.82) is 0 Å².